The summed E-state index contributed by atoms with van der Waals surface area (Å²) in [7, 11) is 3.34. The van der Waals surface area contributed by atoms with Gasteiger partial charge < -0.3 is 25.4 Å². The number of aryl methyl sites for hydroxylation is 1. The number of amides is 2. The van der Waals surface area contributed by atoms with Gasteiger partial charge >= 0.3 is 0 Å². The van der Waals surface area contributed by atoms with Crippen molar-refractivity contribution in [1.82, 2.24) is 10.2 Å². The first kappa shape index (κ1) is 21.6. The topological polar surface area (TPSA) is 93.9 Å². The number of carbonyl (C=O) groups is 2. The van der Waals surface area contributed by atoms with Gasteiger partial charge in [0.15, 0.2) is 0 Å². The van der Waals surface area contributed by atoms with E-state index in [1.165, 1.54) is 6.92 Å². The number of hydrogen-bond acceptors (Lipinski definition) is 5. The molecule has 1 heterocycles. The lowest BCUT2D eigenvalue weighted by Crippen LogP contribution is -2.49. The highest BCUT2D eigenvalue weighted by molar-refractivity contribution is 5.94. The van der Waals surface area contributed by atoms with E-state index in [2.05, 4.69) is 5.32 Å². The molecule has 0 radical (unpaired) electrons. The molecule has 2 fully saturated rings. The molecule has 160 valence electrons. The highest BCUT2D eigenvalue weighted by atomic mass is 16.5. The van der Waals surface area contributed by atoms with Crippen molar-refractivity contribution in [2.75, 3.05) is 33.9 Å². The lowest BCUT2D eigenvalue weighted by atomic mass is 9.77. The molecule has 0 unspecified atom stereocenters. The van der Waals surface area contributed by atoms with Gasteiger partial charge in [-0.25, -0.2) is 0 Å². The summed E-state index contributed by atoms with van der Waals surface area (Å²) in [5.41, 5.74) is 7.36. The van der Waals surface area contributed by atoms with Crippen molar-refractivity contribution in [2.45, 2.75) is 44.8 Å². The van der Waals surface area contributed by atoms with E-state index in [4.69, 9.17) is 15.2 Å². The standard InChI is InChI=1S/C22H33N3O4/c1-14(26)24-19-10-17-12-25(13-18(17)11-21(19)29-3)22(27)16-6-7-20(28-2)15(9-16)5-4-8-23/h6-7,9,17-19,21H,4-5,8,10-13,23H2,1-3H3,(H,24,26)/t17-,18+,19-,21-/m1/s1. The fourth-order valence-corrected chi connectivity index (χ4v) is 4.83. The van der Waals surface area contributed by atoms with Crippen molar-refractivity contribution in [3.05, 3.63) is 29.3 Å². The van der Waals surface area contributed by atoms with Crippen LogP contribution in [0.5, 0.6) is 5.75 Å². The third-order valence-corrected chi connectivity index (χ3v) is 6.27. The van der Waals surface area contributed by atoms with E-state index < -0.39 is 0 Å². The number of rotatable bonds is 7. The number of nitrogens with one attached hydrogen (secondary N) is 1. The SMILES string of the molecule is COc1ccc(C(=O)N2C[C@H]3C[C@@H](NC(C)=O)[C@H](OC)C[C@H]3C2)cc1CCCN. The third kappa shape index (κ3) is 4.90. The highest BCUT2D eigenvalue weighted by Gasteiger charge is 2.44. The first-order valence-corrected chi connectivity index (χ1v) is 10.4. The second-order valence-corrected chi connectivity index (χ2v) is 8.20. The highest BCUT2D eigenvalue weighted by Crippen LogP contribution is 2.38. The van der Waals surface area contributed by atoms with Gasteiger partial charge in [-0.05, 0) is 67.8 Å². The van der Waals surface area contributed by atoms with Gasteiger partial charge in [0.1, 0.15) is 5.75 Å². The summed E-state index contributed by atoms with van der Waals surface area (Å²) in [5.74, 6) is 1.61. The summed E-state index contributed by atoms with van der Waals surface area (Å²) in [5, 5.41) is 3.02. The summed E-state index contributed by atoms with van der Waals surface area (Å²) >= 11 is 0. The zero-order valence-electron chi connectivity index (χ0n) is 17.6. The van der Waals surface area contributed by atoms with Crippen LogP contribution in [0.3, 0.4) is 0 Å². The van der Waals surface area contributed by atoms with Crippen LogP contribution in [0.15, 0.2) is 18.2 Å². The van der Waals surface area contributed by atoms with Gasteiger partial charge in [-0.15, -0.1) is 0 Å². The van der Waals surface area contributed by atoms with Crippen molar-refractivity contribution in [1.29, 1.82) is 0 Å². The van der Waals surface area contributed by atoms with Crippen molar-refractivity contribution in [3.8, 4) is 5.75 Å². The number of methoxy groups -OCH3 is 2. The molecule has 1 saturated heterocycles. The number of nitrogens with zero attached hydrogens (tertiary/aromatic N) is 1. The monoisotopic (exact) mass is 403 g/mol. The molecule has 1 saturated carbocycles. The maximum Gasteiger partial charge on any atom is 0.253 e. The van der Waals surface area contributed by atoms with E-state index in [1.54, 1.807) is 14.2 Å². The Morgan fingerprint density at radius 3 is 2.55 bits per heavy atom. The van der Waals surface area contributed by atoms with Crippen LogP contribution in [0.25, 0.3) is 0 Å². The molecule has 2 aliphatic rings. The Labute approximate surface area is 172 Å². The molecule has 0 bridgehead atoms. The van der Waals surface area contributed by atoms with Crippen LogP contribution in [0.4, 0.5) is 0 Å². The average molecular weight is 404 g/mol. The van der Waals surface area contributed by atoms with Gasteiger partial charge in [0.25, 0.3) is 5.91 Å². The lowest BCUT2D eigenvalue weighted by Gasteiger charge is -2.37. The molecule has 2 amide bonds. The number of benzene rings is 1. The zero-order valence-corrected chi connectivity index (χ0v) is 17.6. The Hall–Kier alpha value is -2.12. The number of ether oxygens (including phenoxy) is 2. The van der Waals surface area contributed by atoms with Gasteiger partial charge in [-0.3, -0.25) is 9.59 Å². The number of hydrogen-bond donors (Lipinski definition) is 2. The van der Waals surface area contributed by atoms with Crippen LogP contribution in [0.2, 0.25) is 0 Å². The maximum atomic E-state index is 13.2. The molecular weight excluding hydrogens is 370 g/mol. The second kappa shape index (κ2) is 9.59. The number of carbonyl (C=O) groups excluding carboxylic acids is 2. The van der Waals surface area contributed by atoms with Gasteiger partial charge in [-0.2, -0.15) is 0 Å². The molecule has 1 aliphatic heterocycles. The van der Waals surface area contributed by atoms with E-state index in [-0.39, 0.29) is 24.0 Å². The Bertz CT molecular complexity index is 739. The zero-order chi connectivity index (χ0) is 21.0. The van der Waals surface area contributed by atoms with Crippen LogP contribution in [0, 0.1) is 11.8 Å². The van der Waals surface area contributed by atoms with E-state index >= 15 is 0 Å². The normalized spacial score (nSPS) is 26.1. The first-order chi connectivity index (χ1) is 14.0. The van der Waals surface area contributed by atoms with Crippen LogP contribution < -0.4 is 15.8 Å². The molecular formula is C22H33N3O4. The summed E-state index contributed by atoms with van der Waals surface area (Å²) in [6.45, 7) is 3.60. The molecule has 4 atom stereocenters. The fourth-order valence-electron chi connectivity index (χ4n) is 4.83. The Morgan fingerprint density at radius 2 is 1.93 bits per heavy atom. The minimum absolute atomic E-state index is 0.000876. The maximum absolute atomic E-state index is 13.2. The predicted molar refractivity (Wildman–Crippen MR) is 111 cm³/mol. The summed E-state index contributed by atoms with van der Waals surface area (Å²) < 4.78 is 11.1. The van der Waals surface area contributed by atoms with Crippen molar-refractivity contribution >= 4 is 11.8 Å². The molecule has 3 rings (SSSR count). The minimum atomic E-state index is -0.0373. The van der Waals surface area contributed by atoms with Crippen molar-refractivity contribution in [3.63, 3.8) is 0 Å². The van der Waals surface area contributed by atoms with Crippen molar-refractivity contribution in [2.24, 2.45) is 17.6 Å². The van der Waals surface area contributed by atoms with Gasteiger partial charge in [-0.1, -0.05) is 0 Å². The van der Waals surface area contributed by atoms with E-state index in [9.17, 15) is 9.59 Å². The second-order valence-electron chi connectivity index (χ2n) is 8.20. The fraction of sp³-hybridized carbons (Fsp3) is 0.636. The molecule has 0 spiro atoms. The molecule has 1 aromatic carbocycles. The molecule has 0 aromatic heterocycles. The van der Waals surface area contributed by atoms with Crippen LogP contribution in [-0.4, -0.2) is 62.7 Å². The summed E-state index contributed by atoms with van der Waals surface area (Å²) in [6, 6.07) is 5.66. The van der Waals surface area contributed by atoms with Crippen LogP contribution >= 0.6 is 0 Å². The Kier molecular flexibility index (Phi) is 7.14. The molecule has 29 heavy (non-hydrogen) atoms. The molecule has 1 aromatic rings. The first-order valence-electron chi connectivity index (χ1n) is 10.4. The quantitative estimate of drug-likeness (QED) is 0.721. The van der Waals surface area contributed by atoms with Gasteiger partial charge in [0, 0.05) is 32.7 Å². The van der Waals surface area contributed by atoms with E-state index in [0.717, 1.165) is 50.1 Å². The summed E-state index contributed by atoms with van der Waals surface area (Å²) in [6.07, 6.45) is 3.35. The van der Waals surface area contributed by atoms with Crippen LogP contribution in [-0.2, 0) is 16.0 Å². The average Bonchev–Trinajstić information content (AvgIpc) is 3.13. The largest absolute Gasteiger partial charge is 0.496 e. The smallest absolute Gasteiger partial charge is 0.253 e. The van der Waals surface area contributed by atoms with Crippen molar-refractivity contribution < 1.29 is 19.1 Å². The van der Waals surface area contributed by atoms with Crippen LogP contribution in [0.1, 0.15) is 42.1 Å². The third-order valence-electron chi connectivity index (χ3n) is 6.27. The number of nitrogens with two attached hydrogens (primary N) is 1. The Morgan fingerprint density at radius 1 is 1.21 bits per heavy atom. The number of fused-ring (bicyclic) bond motifs is 1. The Balaban J connectivity index is 1.71. The lowest BCUT2D eigenvalue weighted by molar-refractivity contribution is -0.121. The molecule has 7 heteroatoms. The van der Waals surface area contributed by atoms with Gasteiger partial charge in [0.05, 0.1) is 19.3 Å². The predicted octanol–water partition coefficient (Wildman–Crippen LogP) is 1.59. The summed E-state index contributed by atoms with van der Waals surface area (Å²) in [4.78, 5) is 26.7. The van der Waals surface area contributed by atoms with Gasteiger partial charge in [0.2, 0.25) is 5.91 Å². The number of likely N-dealkylation sites (tertiary alicyclic amines) is 1. The molecule has 7 nitrogen and oxygen atoms in total. The molecule has 3 N–H and O–H groups in total. The molecule has 1 aliphatic carbocycles. The van der Waals surface area contributed by atoms with E-state index in [0.29, 0.717) is 23.9 Å². The van der Waals surface area contributed by atoms with E-state index in [1.807, 2.05) is 23.1 Å². The minimum Gasteiger partial charge on any atom is -0.496 e.